The first-order chi connectivity index (χ1) is 14.8. The van der Waals surface area contributed by atoms with Crippen LogP contribution in [0.25, 0.3) is 11.0 Å². The van der Waals surface area contributed by atoms with Crippen LogP contribution in [0.15, 0.2) is 84.9 Å². The molecule has 1 aromatic heterocycles. The van der Waals surface area contributed by atoms with Crippen molar-refractivity contribution in [3.63, 3.8) is 0 Å². The zero-order valence-corrected chi connectivity index (χ0v) is 16.8. The first-order valence-corrected chi connectivity index (χ1v) is 10.2. The summed E-state index contributed by atoms with van der Waals surface area (Å²) in [5.74, 6) is 1.71. The second-order valence-corrected chi connectivity index (χ2v) is 7.09. The molecule has 4 rings (SSSR count). The predicted molar refractivity (Wildman–Crippen MR) is 118 cm³/mol. The number of nitrogens with zero attached hydrogens (tertiary/aromatic N) is 2. The highest BCUT2D eigenvalue weighted by Crippen LogP contribution is 2.17. The fraction of sp³-hybridized carbons (Fsp3) is 0.200. The Kier molecular flexibility index (Phi) is 6.40. The number of aromatic nitrogens is 2. The van der Waals surface area contributed by atoms with E-state index in [0.29, 0.717) is 26.1 Å². The van der Waals surface area contributed by atoms with Gasteiger partial charge in [-0.3, -0.25) is 4.79 Å². The average molecular weight is 399 g/mol. The van der Waals surface area contributed by atoms with Crippen LogP contribution in [0.3, 0.4) is 0 Å². The molecule has 0 bridgehead atoms. The number of para-hydroxylation sites is 3. The maximum atomic E-state index is 12.3. The van der Waals surface area contributed by atoms with Gasteiger partial charge in [-0.25, -0.2) is 4.98 Å². The lowest BCUT2D eigenvalue weighted by molar-refractivity contribution is -0.121. The molecule has 1 heterocycles. The van der Waals surface area contributed by atoms with Crippen molar-refractivity contribution in [1.82, 2.24) is 14.9 Å². The zero-order chi connectivity index (χ0) is 20.6. The fourth-order valence-electron chi connectivity index (χ4n) is 3.45. The van der Waals surface area contributed by atoms with E-state index in [1.165, 1.54) is 0 Å². The van der Waals surface area contributed by atoms with Crippen molar-refractivity contribution in [1.29, 1.82) is 0 Å². The molecule has 0 fully saturated rings. The van der Waals surface area contributed by atoms with Gasteiger partial charge in [0.1, 0.15) is 18.2 Å². The third kappa shape index (κ3) is 5.06. The van der Waals surface area contributed by atoms with Gasteiger partial charge >= 0.3 is 0 Å². The molecule has 0 aliphatic rings. The van der Waals surface area contributed by atoms with E-state index in [-0.39, 0.29) is 5.91 Å². The molecule has 30 heavy (non-hydrogen) atoms. The molecule has 4 aromatic rings. The lowest BCUT2D eigenvalue weighted by atomic mass is 10.1. The van der Waals surface area contributed by atoms with Gasteiger partial charge in [0.2, 0.25) is 5.91 Å². The average Bonchev–Trinajstić information content (AvgIpc) is 3.15. The van der Waals surface area contributed by atoms with Crippen molar-refractivity contribution in [3.8, 4) is 5.75 Å². The minimum Gasteiger partial charge on any atom is -0.492 e. The van der Waals surface area contributed by atoms with E-state index in [2.05, 4.69) is 9.88 Å². The van der Waals surface area contributed by atoms with Gasteiger partial charge in [-0.2, -0.15) is 0 Å². The standard InChI is InChI=1S/C25H25N3O2/c29-25(16-15-20-9-3-1-4-10-20)26-19-24-27-22-13-7-8-14-23(22)28(24)17-18-30-21-11-5-2-6-12-21/h1-14H,15-19H2,(H,26,29). The van der Waals surface area contributed by atoms with Gasteiger partial charge in [0.05, 0.1) is 24.1 Å². The number of hydrogen-bond donors (Lipinski definition) is 1. The number of ether oxygens (including phenoxy) is 1. The van der Waals surface area contributed by atoms with E-state index < -0.39 is 0 Å². The van der Waals surface area contributed by atoms with Gasteiger partial charge in [0.25, 0.3) is 0 Å². The highest BCUT2D eigenvalue weighted by Gasteiger charge is 2.12. The summed E-state index contributed by atoms with van der Waals surface area (Å²) in [6.45, 7) is 1.58. The van der Waals surface area contributed by atoms with Crippen LogP contribution in [-0.4, -0.2) is 22.1 Å². The van der Waals surface area contributed by atoms with Crippen LogP contribution in [-0.2, 0) is 24.3 Å². The molecule has 1 N–H and O–H groups in total. The number of nitrogens with one attached hydrogen (secondary N) is 1. The summed E-state index contributed by atoms with van der Waals surface area (Å²) < 4.78 is 7.98. The topological polar surface area (TPSA) is 56.2 Å². The number of hydrogen-bond acceptors (Lipinski definition) is 3. The maximum Gasteiger partial charge on any atom is 0.220 e. The summed E-state index contributed by atoms with van der Waals surface area (Å²) >= 11 is 0. The van der Waals surface area contributed by atoms with E-state index >= 15 is 0 Å². The van der Waals surface area contributed by atoms with Crippen LogP contribution in [0.4, 0.5) is 0 Å². The molecule has 3 aromatic carbocycles. The molecule has 0 aliphatic heterocycles. The first kappa shape index (κ1) is 19.7. The van der Waals surface area contributed by atoms with Crippen LogP contribution in [0.5, 0.6) is 5.75 Å². The third-order valence-corrected chi connectivity index (χ3v) is 4.99. The van der Waals surface area contributed by atoms with Crippen molar-refractivity contribution in [2.75, 3.05) is 6.61 Å². The Bertz CT molecular complexity index is 1090. The predicted octanol–water partition coefficient (Wildman–Crippen LogP) is 4.36. The highest BCUT2D eigenvalue weighted by molar-refractivity contribution is 5.77. The van der Waals surface area contributed by atoms with E-state index in [1.54, 1.807) is 0 Å². The van der Waals surface area contributed by atoms with E-state index in [4.69, 9.17) is 9.72 Å². The molecule has 0 aliphatic carbocycles. The fourth-order valence-corrected chi connectivity index (χ4v) is 3.45. The van der Waals surface area contributed by atoms with Crippen molar-refractivity contribution in [2.24, 2.45) is 0 Å². The molecule has 0 saturated carbocycles. The highest BCUT2D eigenvalue weighted by atomic mass is 16.5. The molecular weight excluding hydrogens is 374 g/mol. The van der Waals surface area contributed by atoms with Crippen molar-refractivity contribution in [3.05, 3.63) is 96.3 Å². The van der Waals surface area contributed by atoms with E-state index in [9.17, 15) is 4.79 Å². The van der Waals surface area contributed by atoms with Crippen LogP contribution >= 0.6 is 0 Å². The smallest absolute Gasteiger partial charge is 0.220 e. The summed E-state index contributed by atoms with van der Waals surface area (Å²) in [5, 5.41) is 3.02. The van der Waals surface area contributed by atoms with Crippen molar-refractivity contribution >= 4 is 16.9 Å². The largest absolute Gasteiger partial charge is 0.492 e. The maximum absolute atomic E-state index is 12.3. The summed E-state index contributed by atoms with van der Waals surface area (Å²) in [6.07, 6.45) is 1.19. The normalized spacial score (nSPS) is 10.8. The number of carbonyl (C=O) groups excluding carboxylic acids is 1. The quantitative estimate of drug-likeness (QED) is 0.455. The molecule has 5 heteroatoms. The number of imidazole rings is 1. The molecule has 152 valence electrons. The molecule has 0 radical (unpaired) electrons. The molecule has 0 saturated heterocycles. The third-order valence-electron chi connectivity index (χ3n) is 4.99. The summed E-state index contributed by atoms with van der Waals surface area (Å²) in [7, 11) is 0. The Morgan fingerprint density at radius 1 is 0.900 bits per heavy atom. The molecule has 1 amide bonds. The monoisotopic (exact) mass is 399 g/mol. The first-order valence-electron chi connectivity index (χ1n) is 10.2. The van der Waals surface area contributed by atoms with Gasteiger partial charge in [-0.1, -0.05) is 60.7 Å². The minimum atomic E-state index is 0.0259. The van der Waals surface area contributed by atoms with Gasteiger partial charge in [0.15, 0.2) is 0 Å². The molecule has 0 spiro atoms. The Hall–Kier alpha value is -3.60. The number of benzene rings is 3. The zero-order valence-electron chi connectivity index (χ0n) is 16.8. The Labute approximate surface area is 176 Å². The van der Waals surface area contributed by atoms with Crippen LogP contribution < -0.4 is 10.1 Å². The van der Waals surface area contributed by atoms with E-state index in [0.717, 1.165) is 34.6 Å². The second kappa shape index (κ2) is 9.74. The van der Waals surface area contributed by atoms with Crippen molar-refractivity contribution in [2.45, 2.75) is 25.9 Å². The van der Waals surface area contributed by atoms with Crippen LogP contribution in [0.2, 0.25) is 0 Å². The van der Waals surface area contributed by atoms with Gasteiger partial charge < -0.3 is 14.6 Å². The molecule has 0 unspecified atom stereocenters. The van der Waals surface area contributed by atoms with Gasteiger partial charge in [-0.05, 0) is 36.2 Å². The lowest BCUT2D eigenvalue weighted by Gasteiger charge is -2.11. The summed E-state index contributed by atoms with van der Waals surface area (Å²) in [5.41, 5.74) is 3.13. The van der Waals surface area contributed by atoms with Crippen molar-refractivity contribution < 1.29 is 9.53 Å². The number of aryl methyl sites for hydroxylation is 1. The summed E-state index contributed by atoms with van der Waals surface area (Å²) in [6, 6.07) is 27.8. The number of rotatable bonds is 9. The number of fused-ring (bicyclic) bond motifs is 1. The van der Waals surface area contributed by atoms with Gasteiger partial charge in [0, 0.05) is 6.42 Å². The lowest BCUT2D eigenvalue weighted by Crippen LogP contribution is -2.25. The van der Waals surface area contributed by atoms with Crippen LogP contribution in [0, 0.1) is 0 Å². The minimum absolute atomic E-state index is 0.0259. The SMILES string of the molecule is O=C(CCc1ccccc1)NCc1nc2ccccc2n1CCOc1ccccc1. The molecule has 5 nitrogen and oxygen atoms in total. The number of carbonyl (C=O) groups is 1. The molecular formula is C25H25N3O2. The second-order valence-electron chi connectivity index (χ2n) is 7.09. The molecule has 0 atom stereocenters. The Morgan fingerprint density at radius 3 is 2.40 bits per heavy atom. The Balaban J connectivity index is 1.38. The Morgan fingerprint density at radius 2 is 1.60 bits per heavy atom. The van der Waals surface area contributed by atoms with Gasteiger partial charge in [-0.15, -0.1) is 0 Å². The summed E-state index contributed by atoms with van der Waals surface area (Å²) in [4.78, 5) is 17.1. The van der Waals surface area contributed by atoms with Crippen LogP contribution in [0.1, 0.15) is 17.8 Å². The number of amides is 1. The van der Waals surface area contributed by atoms with E-state index in [1.807, 2.05) is 84.9 Å².